The van der Waals surface area contributed by atoms with E-state index in [-0.39, 0.29) is 6.61 Å². The van der Waals surface area contributed by atoms with Crippen molar-refractivity contribution in [1.82, 2.24) is 10.2 Å². The Morgan fingerprint density at radius 3 is 2.71 bits per heavy atom. The number of piperidine rings is 1. The van der Waals surface area contributed by atoms with Gasteiger partial charge in [0.15, 0.2) is 0 Å². The minimum absolute atomic E-state index is 0.277. The molecule has 3 heteroatoms. The van der Waals surface area contributed by atoms with Gasteiger partial charge in [0, 0.05) is 31.8 Å². The van der Waals surface area contributed by atoms with Crippen LogP contribution in [0.1, 0.15) is 38.7 Å². The number of benzene rings is 1. The lowest BCUT2D eigenvalue weighted by Crippen LogP contribution is -2.47. The minimum atomic E-state index is 0.277. The van der Waals surface area contributed by atoms with Gasteiger partial charge < -0.3 is 10.4 Å². The maximum atomic E-state index is 9.33. The molecule has 1 heterocycles. The third-order valence-corrected chi connectivity index (χ3v) is 4.35. The van der Waals surface area contributed by atoms with Crippen molar-refractivity contribution in [3.8, 4) is 0 Å². The maximum Gasteiger partial charge on any atom is 0.0445 e. The third-order valence-electron chi connectivity index (χ3n) is 4.35. The molecule has 0 unspecified atom stereocenters. The number of hydrogen-bond donors (Lipinski definition) is 2. The van der Waals surface area contributed by atoms with Gasteiger partial charge in [-0.3, -0.25) is 4.90 Å². The molecular formula is C18H30N2O. The van der Waals surface area contributed by atoms with Gasteiger partial charge in [0.1, 0.15) is 0 Å². The Morgan fingerprint density at radius 2 is 2.05 bits per heavy atom. The van der Waals surface area contributed by atoms with Crippen LogP contribution in [0.5, 0.6) is 0 Å². The predicted octanol–water partition coefficient (Wildman–Crippen LogP) is 2.65. The van der Waals surface area contributed by atoms with Crippen LogP contribution < -0.4 is 5.32 Å². The minimum Gasteiger partial charge on any atom is -0.396 e. The SMILES string of the molecule is CC(C)N[C@@H](CCO)[C@H]1CCCN(Cc2ccccc2)C1. The van der Waals surface area contributed by atoms with E-state index < -0.39 is 0 Å². The molecule has 1 aromatic carbocycles. The summed E-state index contributed by atoms with van der Waals surface area (Å²) in [5.74, 6) is 0.650. The van der Waals surface area contributed by atoms with Gasteiger partial charge in [0.2, 0.25) is 0 Å². The van der Waals surface area contributed by atoms with Gasteiger partial charge in [-0.1, -0.05) is 44.2 Å². The van der Waals surface area contributed by atoms with E-state index in [1.54, 1.807) is 0 Å². The van der Waals surface area contributed by atoms with Crippen LogP contribution in [0, 0.1) is 5.92 Å². The van der Waals surface area contributed by atoms with Gasteiger partial charge in [-0.05, 0) is 37.3 Å². The van der Waals surface area contributed by atoms with Gasteiger partial charge in [-0.25, -0.2) is 0 Å². The molecule has 1 saturated heterocycles. The molecule has 1 aliphatic heterocycles. The second-order valence-electron chi connectivity index (χ2n) is 6.56. The molecule has 0 aliphatic carbocycles. The molecule has 0 amide bonds. The number of nitrogens with one attached hydrogen (secondary N) is 1. The Balaban J connectivity index is 1.92. The molecule has 0 saturated carbocycles. The fraction of sp³-hybridized carbons (Fsp3) is 0.667. The van der Waals surface area contributed by atoms with E-state index in [1.165, 1.54) is 24.9 Å². The van der Waals surface area contributed by atoms with Crippen molar-refractivity contribution in [2.75, 3.05) is 19.7 Å². The van der Waals surface area contributed by atoms with Crippen LogP contribution in [0.25, 0.3) is 0 Å². The smallest absolute Gasteiger partial charge is 0.0445 e. The van der Waals surface area contributed by atoms with E-state index >= 15 is 0 Å². The maximum absolute atomic E-state index is 9.33. The second-order valence-corrected chi connectivity index (χ2v) is 6.56. The first-order chi connectivity index (χ1) is 10.2. The molecule has 1 fully saturated rings. The molecule has 1 aromatic rings. The Morgan fingerprint density at radius 1 is 1.29 bits per heavy atom. The summed E-state index contributed by atoms with van der Waals surface area (Å²) in [4.78, 5) is 2.57. The van der Waals surface area contributed by atoms with Gasteiger partial charge in [0.05, 0.1) is 0 Å². The van der Waals surface area contributed by atoms with E-state index in [9.17, 15) is 5.11 Å². The number of aliphatic hydroxyl groups excluding tert-OH is 1. The summed E-state index contributed by atoms with van der Waals surface area (Å²) >= 11 is 0. The van der Waals surface area contributed by atoms with E-state index in [0.717, 1.165) is 19.5 Å². The van der Waals surface area contributed by atoms with Gasteiger partial charge >= 0.3 is 0 Å². The Labute approximate surface area is 129 Å². The van der Waals surface area contributed by atoms with Crippen LogP contribution in [-0.4, -0.2) is 41.8 Å². The van der Waals surface area contributed by atoms with E-state index in [2.05, 4.69) is 54.4 Å². The van der Waals surface area contributed by atoms with Crippen molar-refractivity contribution < 1.29 is 5.11 Å². The van der Waals surface area contributed by atoms with Crippen LogP contribution in [0.3, 0.4) is 0 Å². The number of nitrogens with zero attached hydrogens (tertiary/aromatic N) is 1. The van der Waals surface area contributed by atoms with Crippen molar-refractivity contribution in [1.29, 1.82) is 0 Å². The molecule has 2 N–H and O–H groups in total. The highest BCUT2D eigenvalue weighted by atomic mass is 16.3. The largest absolute Gasteiger partial charge is 0.396 e. The number of hydrogen-bond acceptors (Lipinski definition) is 3. The van der Waals surface area contributed by atoms with Crippen LogP contribution in [0.15, 0.2) is 30.3 Å². The topological polar surface area (TPSA) is 35.5 Å². The average Bonchev–Trinajstić information content (AvgIpc) is 2.48. The molecule has 0 bridgehead atoms. The standard InChI is InChI=1S/C18H30N2O/c1-15(2)19-18(10-12-21)17-9-6-11-20(14-17)13-16-7-4-3-5-8-16/h3-5,7-8,15,17-19,21H,6,9-14H2,1-2H3/t17-,18-/m0/s1. The molecular weight excluding hydrogens is 260 g/mol. The summed E-state index contributed by atoms with van der Waals surface area (Å²) in [7, 11) is 0. The summed E-state index contributed by atoms with van der Waals surface area (Å²) in [5.41, 5.74) is 1.40. The first kappa shape index (κ1) is 16.5. The summed E-state index contributed by atoms with van der Waals surface area (Å²) in [6.07, 6.45) is 3.40. The summed E-state index contributed by atoms with van der Waals surface area (Å²) in [6.45, 7) is 8.03. The number of likely N-dealkylation sites (tertiary alicyclic amines) is 1. The van der Waals surface area contributed by atoms with E-state index in [1.807, 2.05) is 0 Å². The fourth-order valence-electron chi connectivity index (χ4n) is 3.43. The van der Waals surface area contributed by atoms with Crippen molar-refractivity contribution in [2.45, 2.75) is 51.7 Å². The zero-order chi connectivity index (χ0) is 15.1. The van der Waals surface area contributed by atoms with Crippen molar-refractivity contribution in [3.05, 3.63) is 35.9 Å². The highest BCUT2D eigenvalue weighted by Gasteiger charge is 2.27. The lowest BCUT2D eigenvalue weighted by Gasteiger charge is -2.38. The molecule has 2 rings (SSSR count). The van der Waals surface area contributed by atoms with Crippen molar-refractivity contribution >= 4 is 0 Å². The predicted molar refractivity (Wildman–Crippen MR) is 88.2 cm³/mol. The zero-order valence-electron chi connectivity index (χ0n) is 13.5. The Hall–Kier alpha value is -0.900. The normalized spacial score (nSPS) is 21.6. The summed E-state index contributed by atoms with van der Waals surface area (Å²) in [5, 5.41) is 13.0. The van der Waals surface area contributed by atoms with Crippen LogP contribution in [-0.2, 0) is 6.54 Å². The molecule has 3 nitrogen and oxygen atoms in total. The number of rotatable bonds is 7. The molecule has 0 radical (unpaired) electrons. The zero-order valence-corrected chi connectivity index (χ0v) is 13.5. The Bertz CT molecular complexity index is 393. The first-order valence-corrected chi connectivity index (χ1v) is 8.32. The van der Waals surface area contributed by atoms with Crippen LogP contribution >= 0.6 is 0 Å². The molecule has 0 aromatic heterocycles. The summed E-state index contributed by atoms with van der Waals surface area (Å²) in [6, 6.07) is 11.6. The molecule has 1 aliphatic rings. The molecule has 2 atom stereocenters. The highest BCUT2D eigenvalue weighted by Crippen LogP contribution is 2.23. The van der Waals surface area contributed by atoms with Crippen LogP contribution in [0.4, 0.5) is 0 Å². The monoisotopic (exact) mass is 290 g/mol. The van der Waals surface area contributed by atoms with E-state index in [0.29, 0.717) is 18.0 Å². The van der Waals surface area contributed by atoms with Crippen molar-refractivity contribution in [3.63, 3.8) is 0 Å². The summed E-state index contributed by atoms with van der Waals surface area (Å²) < 4.78 is 0. The average molecular weight is 290 g/mol. The second kappa shape index (κ2) is 8.52. The van der Waals surface area contributed by atoms with E-state index in [4.69, 9.17) is 0 Å². The van der Waals surface area contributed by atoms with Crippen LogP contribution in [0.2, 0.25) is 0 Å². The molecule has 118 valence electrons. The fourth-order valence-corrected chi connectivity index (χ4v) is 3.43. The van der Waals surface area contributed by atoms with Gasteiger partial charge in [-0.15, -0.1) is 0 Å². The quantitative estimate of drug-likeness (QED) is 0.810. The lowest BCUT2D eigenvalue weighted by atomic mass is 9.88. The Kier molecular flexibility index (Phi) is 6.68. The van der Waals surface area contributed by atoms with Gasteiger partial charge in [0.25, 0.3) is 0 Å². The third kappa shape index (κ3) is 5.42. The van der Waals surface area contributed by atoms with Gasteiger partial charge in [-0.2, -0.15) is 0 Å². The van der Waals surface area contributed by atoms with Crippen molar-refractivity contribution in [2.24, 2.45) is 5.92 Å². The first-order valence-electron chi connectivity index (χ1n) is 8.32. The lowest BCUT2D eigenvalue weighted by molar-refractivity contribution is 0.124. The molecule has 21 heavy (non-hydrogen) atoms. The molecule has 0 spiro atoms. The number of aliphatic hydroxyl groups is 1. The highest BCUT2D eigenvalue weighted by molar-refractivity contribution is 5.14.